The van der Waals surface area contributed by atoms with Crippen molar-refractivity contribution in [2.45, 2.75) is 249 Å². The first-order valence-corrected chi connectivity index (χ1v) is 42.0. The highest BCUT2D eigenvalue weighted by atomic mass is 15.2. The van der Waals surface area contributed by atoms with E-state index in [1.165, 1.54) is 157 Å². The summed E-state index contributed by atoms with van der Waals surface area (Å²) in [4.78, 5) is 9.99. The molecule has 588 valence electrons. The number of fused-ring (bicyclic) bond motifs is 12. The maximum atomic E-state index is 2.52. The molecule has 0 N–H and O–H groups in total. The summed E-state index contributed by atoms with van der Waals surface area (Å²) in [6.07, 6.45) is 1.02. The first-order valence-electron chi connectivity index (χ1n) is 42.0. The van der Waals surface area contributed by atoms with Crippen molar-refractivity contribution in [1.29, 1.82) is 0 Å². The van der Waals surface area contributed by atoms with Gasteiger partial charge in [0, 0.05) is 89.3 Å². The molecule has 0 amide bonds. The molecule has 0 unspecified atom stereocenters. The highest BCUT2D eigenvalue weighted by Crippen LogP contribution is 2.59. The molecule has 0 spiro atoms. The zero-order valence-corrected chi connectivity index (χ0v) is 74.0. The molecule has 4 aliphatic rings. The number of anilines is 8. The second kappa shape index (κ2) is 30.2. The van der Waals surface area contributed by atoms with Gasteiger partial charge in [-0.2, -0.15) is 0 Å². The van der Waals surface area contributed by atoms with Crippen molar-refractivity contribution in [1.82, 2.24) is 0 Å². The summed E-state index contributed by atoms with van der Waals surface area (Å²) in [5.74, 6) is 0.426. The van der Waals surface area contributed by atoms with Crippen LogP contribution < -0.4 is 19.6 Å². The lowest BCUT2D eigenvalue weighted by Crippen LogP contribution is -2.39. The Labute approximate surface area is 687 Å². The molecule has 0 atom stereocenters. The van der Waals surface area contributed by atoms with E-state index in [9.17, 15) is 0 Å². The summed E-state index contributed by atoms with van der Waals surface area (Å²) in [7, 11) is 0. The van der Waals surface area contributed by atoms with Crippen LogP contribution >= 0.6 is 0 Å². The molecule has 0 radical (unpaired) electrons. The standard InChI is InChI=1S/C29H35N.C28H33N.C27H31N.C26H29N/c1-27(2,3)26-24(30(28(4,5)6)20-14-10-9-11-15-20)19-18-23-25(26)21-16-12-13-17-22(21)29(23,7)8;1-19(2)25-24(29(27(3,4)5)20-13-9-8-10-14-20)18-17-23-26(25)21-15-11-12-16-22(21)28(23,6)7;1-7-20-24(28(26(2,3)4)19-13-9-8-10-14-19)18-17-23-25(20)21-15-11-12-16-22(21)27(23,5)6;1-18-23(27(25(2,3)4)19-12-8-7-9-13-19)17-16-22-24(18)20-14-10-11-15-21(20)26(22,5)6/h9-19H,1-8H3;8-19H,1-7H3;8-18H,7H2,1-6H3;7-17H,1-6H3. The molecule has 0 aliphatic heterocycles. The Morgan fingerprint density at radius 1 is 0.263 bits per heavy atom. The van der Waals surface area contributed by atoms with Gasteiger partial charge in [-0.25, -0.2) is 0 Å². The van der Waals surface area contributed by atoms with Gasteiger partial charge in [-0.1, -0.05) is 291 Å². The van der Waals surface area contributed by atoms with E-state index in [2.05, 4.69) is 473 Å². The van der Waals surface area contributed by atoms with Crippen molar-refractivity contribution >= 4 is 45.5 Å². The molecule has 0 aromatic heterocycles. The molecule has 4 nitrogen and oxygen atoms in total. The molecule has 114 heavy (non-hydrogen) atoms. The van der Waals surface area contributed by atoms with Gasteiger partial charge in [0.05, 0.1) is 0 Å². The van der Waals surface area contributed by atoms with Crippen LogP contribution in [-0.2, 0) is 33.5 Å². The molecule has 0 saturated heterocycles. The minimum atomic E-state index is -0.0524. The SMILES string of the molecule is CC(C)(C)c1c(N(c2ccccc2)C(C)(C)C)ccc2c1-c1ccccc1C2(C)C.CC(C)c1c(N(c2ccccc2)C(C)(C)C)ccc2c1-c1ccccc1C2(C)C.CCc1c(N(c2ccccc2)C(C)(C)C)ccc2c1-c1ccccc1C2(C)C.Cc1c(N(c2ccccc2)C(C)(C)C)ccc2c1-c1ccccc1C2(C)C. The molecule has 4 heteroatoms. The number of hydrogen-bond donors (Lipinski definition) is 0. The van der Waals surface area contributed by atoms with Crippen LogP contribution in [0.5, 0.6) is 0 Å². The van der Waals surface area contributed by atoms with Gasteiger partial charge in [0.1, 0.15) is 0 Å². The summed E-state index contributed by atoms with van der Waals surface area (Å²) < 4.78 is 0. The molecular weight excluding hydrogens is 1380 g/mol. The molecule has 12 aromatic rings. The fourth-order valence-electron chi connectivity index (χ4n) is 19.8. The largest absolute Gasteiger partial charge is 0.336 e. The molecule has 0 saturated carbocycles. The van der Waals surface area contributed by atoms with Crippen LogP contribution in [0.4, 0.5) is 45.5 Å². The third-order valence-corrected chi connectivity index (χ3v) is 24.7. The quantitative estimate of drug-likeness (QED) is 0.135. The molecule has 16 rings (SSSR count). The topological polar surface area (TPSA) is 13.0 Å². The van der Waals surface area contributed by atoms with Gasteiger partial charge in [0.25, 0.3) is 0 Å². The molecule has 0 bridgehead atoms. The number of nitrogens with zero attached hydrogens (tertiary/aromatic N) is 4. The van der Waals surface area contributed by atoms with Gasteiger partial charge < -0.3 is 19.6 Å². The third kappa shape index (κ3) is 14.7. The van der Waals surface area contributed by atoms with Crippen molar-refractivity contribution < 1.29 is 0 Å². The Morgan fingerprint density at radius 2 is 0.518 bits per heavy atom. The number of rotatable bonds is 10. The zero-order valence-electron chi connectivity index (χ0n) is 74.0. The lowest BCUT2D eigenvalue weighted by Gasteiger charge is -2.42. The highest BCUT2D eigenvalue weighted by Gasteiger charge is 2.45. The molecule has 4 aliphatic carbocycles. The van der Waals surface area contributed by atoms with Gasteiger partial charge in [-0.05, 0) is 292 Å². The molecular formula is C110H128N4. The van der Waals surface area contributed by atoms with Crippen molar-refractivity contribution in [3.63, 3.8) is 0 Å². The van der Waals surface area contributed by atoms with Gasteiger partial charge in [0.2, 0.25) is 0 Å². The summed E-state index contributed by atoms with van der Waals surface area (Å²) in [6, 6.07) is 97.8. The Bertz CT molecular complexity index is 5480. The zero-order chi connectivity index (χ0) is 82.4. The first kappa shape index (κ1) is 81.8. The van der Waals surface area contributed by atoms with E-state index in [-0.39, 0.29) is 49.2 Å². The molecule has 12 aromatic carbocycles. The summed E-state index contributed by atoms with van der Waals surface area (Å²) >= 11 is 0. The summed E-state index contributed by atoms with van der Waals surface area (Å²) in [5, 5.41) is 0. The second-order valence-electron chi connectivity index (χ2n) is 39.7. The monoisotopic (exact) mass is 1510 g/mol. The lowest BCUT2D eigenvalue weighted by atomic mass is 9.77. The summed E-state index contributed by atoms with van der Waals surface area (Å²) in [5.41, 5.74) is 38.8. The molecule has 0 fully saturated rings. The average Bonchev–Trinajstić information content (AvgIpc) is 1.59. The van der Waals surface area contributed by atoms with Crippen LogP contribution in [0.15, 0.2) is 267 Å². The van der Waals surface area contributed by atoms with E-state index >= 15 is 0 Å². The predicted molar refractivity (Wildman–Crippen MR) is 496 cm³/mol. The van der Waals surface area contributed by atoms with Crippen LogP contribution in [-0.4, -0.2) is 22.2 Å². The van der Waals surface area contributed by atoms with Crippen LogP contribution in [0, 0.1) is 6.92 Å². The fraction of sp³-hybridized carbons (Fsp3) is 0.345. The lowest BCUT2D eigenvalue weighted by molar-refractivity contribution is 0.543. The minimum Gasteiger partial charge on any atom is -0.336 e. The van der Waals surface area contributed by atoms with Crippen LogP contribution in [0.25, 0.3) is 44.5 Å². The van der Waals surface area contributed by atoms with Crippen LogP contribution in [0.1, 0.15) is 253 Å². The smallest absolute Gasteiger partial charge is 0.0460 e. The maximum Gasteiger partial charge on any atom is 0.0460 e. The average molecular weight is 1510 g/mol. The van der Waals surface area contributed by atoms with E-state index < -0.39 is 0 Å². The van der Waals surface area contributed by atoms with Crippen LogP contribution in [0.2, 0.25) is 0 Å². The minimum absolute atomic E-state index is 0.00644. The van der Waals surface area contributed by atoms with Crippen molar-refractivity contribution in [3.8, 4) is 44.5 Å². The van der Waals surface area contributed by atoms with Gasteiger partial charge in [-0.3, -0.25) is 0 Å². The number of hydrogen-bond acceptors (Lipinski definition) is 4. The van der Waals surface area contributed by atoms with Gasteiger partial charge >= 0.3 is 0 Å². The highest BCUT2D eigenvalue weighted by molar-refractivity contribution is 5.93. The van der Waals surface area contributed by atoms with E-state index in [1.807, 2.05) is 0 Å². The molecule has 0 heterocycles. The van der Waals surface area contributed by atoms with E-state index in [4.69, 9.17) is 0 Å². The summed E-state index contributed by atoms with van der Waals surface area (Å²) in [6.45, 7) is 62.7. The Hall–Kier alpha value is -10.2. The number of para-hydroxylation sites is 4. The third-order valence-electron chi connectivity index (χ3n) is 24.7. The van der Waals surface area contributed by atoms with Crippen molar-refractivity contribution in [2.75, 3.05) is 19.6 Å². The number of benzene rings is 12. The maximum absolute atomic E-state index is 2.52. The fourth-order valence-corrected chi connectivity index (χ4v) is 19.8. The normalized spacial score (nSPS) is 14.7. The second-order valence-corrected chi connectivity index (χ2v) is 39.7. The Balaban J connectivity index is 0.000000133. The van der Waals surface area contributed by atoms with Gasteiger partial charge in [-0.15, -0.1) is 0 Å². The Kier molecular flexibility index (Phi) is 21.7. The Morgan fingerprint density at radius 3 is 0.860 bits per heavy atom. The first-order chi connectivity index (χ1) is 53.6. The van der Waals surface area contributed by atoms with Gasteiger partial charge in [0.15, 0.2) is 0 Å². The van der Waals surface area contributed by atoms with E-state index in [0.29, 0.717) is 5.92 Å². The van der Waals surface area contributed by atoms with Crippen LogP contribution in [0.3, 0.4) is 0 Å². The van der Waals surface area contributed by atoms with Crippen molar-refractivity contribution in [3.05, 3.63) is 334 Å². The van der Waals surface area contributed by atoms with E-state index in [1.54, 1.807) is 0 Å². The van der Waals surface area contributed by atoms with Crippen molar-refractivity contribution in [2.24, 2.45) is 0 Å². The predicted octanol–water partition coefficient (Wildman–Crippen LogP) is 31.0. The van der Waals surface area contributed by atoms with E-state index in [0.717, 1.165) is 6.42 Å².